The molecule has 7 heteroatoms. The van der Waals surface area contributed by atoms with Gasteiger partial charge in [0.25, 0.3) is 0 Å². The summed E-state index contributed by atoms with van der Waals surface area (Å²) < 4.78 is 6.37. The molecule has 114 valence electrons. The van der Waals surface area contributed by atoms with Crippen molar-refractivity contribution in [3.8, 4) is 11.8 Å². The van der Waals surface area contributed by atoms with Crippen molar-refractivity contribution < 1.29 is 19.4 Å². The molecule has 7 nitrogen and oxygen atoms in total. The van der Waals surface area contributed by atoms with Gasteiger partial charge in [0, 0.05) is 6.20 Å². The first kappa shape index (κ1) is 16.6. The van der Waals surface area contributed by atoms with Crippen LogP contribution in [0.15, 0.2) is 12.4 Å². The highest BCUT2D eigenvalue weighted by Crippen LogP contribution is 2.06. The Morgan fingerprint density at radius 3 is 2.76 bits per heavy atom. The lowest BCUT2D eigenvalue weighted by Crippen LogP contribution is -2.32. The smallest absolute Gasteiger partial charge is 0.408 e. The van der Waals surface area contributed by atoms with Crippen molar-refractivity contribution in [1.29, 1.82) is 0 Å². The average molecular weight is 293 g/mol. The predicted molar refractivity (Wildman–Crippen MR) is 75.7 cm³/mol. The highest BCUT2D eigenvalue weighted by Gasteiger charge is 2.15. The number of amides is 1. The Morgan fingerprint density at radius 2 is 2.19 bits per heavy atom. The van der Waals surface area contributed by atoms with E-state index in [1.165, 1.54) is 17.8 Å². The van der Waals surface area contributed by atoms with Gasteiger partial charge in [-0.05, 0) is 27.7 Å². The topological polar surface area (TPSA) is 93.5 Å². The first-order chi connectivity index (χ1) is 9.69. The Kier molecular flexibility index (Phi) is 5.36. The number of hydrogen-bond donors (Lipinski definition) is 2. The normalized spacial score (nSPS) is 12.0. The van der Waals surface area contributed by atoms with E-state index in [2.05, 4.69) is 22.3 Å². The number of nitrogens with zero attached hydrogens (tertiary/aromatic N) is 2. The molecule has 0 aliphatic carbocycles. The Hall–Kier alpha value is -2.49. The third kappa shape index (κ3) is 5.99. The number of aromatic nitrogens is 2. The van der Waals surface area contributed by atoms with Crippen LogP contribution < -0.4 is 5.32 Å². The van der Waals surface area contributed by atoms with Gasteiger partial charge in [-0.1, -0.05) is 11.8 Å². The number of hydrogen-bond acceptors (Lipinski definition) is 4. The summed E-state index contributed by atoms with van der Waals surface area (Å²) in [6.07, 6.45) is 2.48. The number of carbonyl (C=O) groups is 2. The minimum atomic E-state index is -0.968. The summed E-state index contributed by atoms with van der Waals surface area (Å²) in [5.41, 5.74) is 0.0279. The van der Waals surface area contributed by atoms with E-state index in [0.717, 1.165) is 0 Å². The minimum Gasteiger partial charge on any atom is -0.480 e. The summed E-state index contributed by atoms with van der Waals surface area (Å²) in [5.74, 6) is 4.55. The molecular weight excluding hydrogens is 274 g/mol. The molecule has 1 aromatic rings. The third-order valence-corrected chi connectivity index (χ3v) is 2.31. The zero-order chi connectivity index (χ0) is 16.0. The molecule has 0 unspecified atom stereocenters. The quantitative estimate of drug-likeness (QED) is 0.822. The van der Waals surface area contributed by atoms with Gasteiger partial charge in [0.1, 0.15) is 11.6 Å². The van der Waals surface area contributed by atoms with Crippen LogP contribution in [0.4, 0.5) is 4.79 Å². The Morgan fingerprint density at radius 1 is 1.52 bits per heavy atom. The van der Waals surface area contributed by atoms with Crippen molar-refractivity contribution in [3.05, 3.63) is 18.0 Å². The molecule has 0 fully saturated rings. The molecule has 1 amide bonds. The Balaban J connectivity index is 2.49. The maximum Gasteiger partial charge on any atom is 0.408 e. The zero-order valence-electron chi connectivity index (χ0n) is 12.5. The number of alkyl carbamates (subject to hydrolysis) is 1. The third-order valence-electron chi connectivity index (χ3n) is 2.31. The summed E-state index contributed by atoms with van der Waals surface area (Å²) in [7, 11) is 0. The summed E-state index contributed by atoms with van der Waals surface area (Å²) in [4.78, 5) is 22.2. The number of carboxylic acid groups (broad SMARTS) is 1. The molecule has 0 aliphatic rings. The van der Waals surface area contributed by atoms with E-state index in [9.17, 15) is 9.59 Å². The van der Waals surface area contributed by atoms with Crippen LogP contribution in [0.25, 0.3) is 0 Å². The maximum atomic E-state index is 11.4. The van der Waals surface area contributed by atoms with Gasteiger partial charge in [0.05, 0.1) is 18.3 Å². The summed E-state index contributed by atoms with van der Waals surface area (Å²) in [6, 6.07) is -0.750. The van der Waals surface area contributed by atoms with Gasteiger partial charge >= 0.3 is 12.1 Å². The van der Waals surface area contributed by atoms with E-state index in [1.807, 2.05) is 0 Å². The fraction of sp³-hybridized carbons (Fsp3) is 0.500. The molecular formula is C14H19N3O4. The average Bonchev–Trinajstić information content (AvgIpc) is 2.80. The molecule has 0 saturated carbocycles. The zero-order valence-corrected chi connectivity index (χ0v) is 12.5. The lowest BCUT2D eigenvalue weighted by atomic mass is 10.2. The Bertz CT molecular complexity index is 575. The minimum absolute atomic E-state index is 0.134. The van der Waals surface area contributed by atoms with Crippen molar-refractivity contribution in [2.24, 2.45) is 0 Å². The second-order valence-corrected chi connectivity index (χ2v) is 5.38. The molecule has 0 spiro atoms. The van der Waals surface area contributed by atoms with Gasteiger partial charge in [-0.2, -0.15) is 5.10 Å². The van der Waals surface area contributed by atoms with E-state index in [0.29, 0.717) is 5.56 Å². The van der Waals surface area contributed by atoms with Gasteiger partial charge in [-0.25, -0.2) is 9.59 Å². The van der Waals surface area contributed by atoms with E-state index in [4.69, 9.17) is 9.84 Å². The lowest BCUT2D eigenvalue weighted by Gasteiger charge is -2.18. The van der Waals surface area contributed by atoms with Crippen molar-refractivity contribution in [1.82, 2.24) is 15.1 Å². The lowest BCUT2D eigenvalue weighted by molar-refractivity contribution is -0.140. The largest absolute Gasteiger partial charge is 0.480 e. The number of ether oxygens (including phenoxy) is 1. The highest BCUT2D eigenvalue weighted by atomic mass is 16.6. The van der Waals surface area contributed by atoms with Crippen molar-refractivity contribution in [3.63, 3.8) is 0 Å². The van der Waals surface area contributed by atoms with Gasteiger partial charge in [-0.3, -0.25) is 4.68 Å². The number of carbonyl (C=O) groups excluding carboxylic acids is 1. The molecule has 1 aromatic heterocycles. The number of carboxylic acids is 1. The fourth-order valence-electron chi connectivity index (χ4n) is 1.30. The van der Waals surface area contributed by atoms with Crippen LogP contribution >= 0.6 is 0 Å². The van der Waals surface area contributed by atoms with Crippen LogP contribution in [0.5, 0.6) is 0 Å². The first-order valence-corrected chi connectivity index (χ1v) is 6.42. The maximum absolute atomic E-state index is 11.4. The van der Waals surface area contributed by atoms with E-state index >= 15 is 0 Å². The Labute approximate surface area is 123 Å². The van der Waals surface area contributed by atoms with E-state index in [-0.39, 0.29) is 6.54 Å². The highest BCUT2D eigenvalue weighted by molar-refractivity contribution is 5.71. The molecule has 0 radical (unpaired) electrons. The monoisotopic (exact) mass is 293 g/mol. The van der Waals surface area contributed by atoms with Gasteiger partial charge in [0.2, 0.25) is 0 Å². The van der Waals surface area contributed by atoms with Crippen molar-refractivity contribution >= 4 is 12.1 Å². The molecule has 0 aliphatic heterocycles. The van der Waals surface area contributed by atoms with Crippen LogP contribution in [0, 0.1) is 11.8 Å². The molecule has 0 saturated heterocycles. The number of rotatable bonds is 3. The molecule has 1 rings (SSSR count). The molecule has 0 aromatic carbocycles. The van der Waals surface area contributed by atoms with Crippen LogP contribution in [0.2, 0.25) is 0 Å². The number of nitrogens with one attached hydrogen (secondary N) is 1. The van der Waals surface area contributed by atoms with Crippen LogP contribution in [0.3, 0.4) is 0 Å². The van der Waals surface area contributed by atoms with Gasteiger partial charge in [-0.15, -0.1) is 0 Å². The second-order valence-electron chi connectivity index (χ2n) is 5.38. The fourth-order valence-corrected chi connectivity index (χ4v) is 1.30. The van der Waals surface area contributed by atoms with Gasteiger partial charge < -0.3 is 15.2 Å². The van der Waals surface area contributed by atoms with Crippen molar-refractivity contribution in [2.45, 2.75) is 39.3 Å². The van der Waals surface area contributed by atoms with Crippen molar-refractivity contribution in [2.75, 3.05) is 6.54 Å². The van der Waals surface area contributed by atoms with E-state index in [1.54, 1.807) is 27.0 Å². The SMILES string of the molecule is C[C@@H](C(=O)O)n1cc(C#CCNC(=O)OC(C)(C)C)cn1. The summed E-state index contributed by atoms with van der Waals surface area (Å²) >= 11 is 0. The van der Waals surface area contributed by atoms with Gasteiger partial charge in [0.15, 0.2) is 0 Å². The summed E-state index contributed by atoms with van der Waals surface area (Å²) in [6.45, 7) is 6.98. The molecule has 1 atom stereocenters. The predicted octanol–water partition coefficient (Wildman–Crippen LogP) is 1.40. The molecule has 0 bridgehead atoms. The first-order valence-electron chi connectivity index (χ1n) is 6.42. The number of aliphatic carboxylic acids is 1. The van der Waals surface area contributed by atoms with Crippen LogP contribution in [-0.2, 0) is 9.53 Å². The van der Waals surface area contributed by atoms with E-state index < -0.39 is 23.7 Å². The second kappa shape index (κ2) is 6.79. The standard InChI is InChI=1S/C14H19N3O4/c1-10(12(18)19)17-9-11(8-16-17)6-5-7-15-13(20)21-14(2,3)4/h8-10H,7H2,1-4H3,(H,15,20)(H,18,19)/t10-/m0/s1. The summed E-state index contributed by atoms with van der Waals surface area (Å²) in [5, 5.41) is 15.3. The molecule has 21 heavy (non-hydrogen) atoms. The van der Waals surface area contributed by atoms with Crippen LogP contribution in [0.1, 0.15) is 39.3 Å². The molecule has 1 heterocycles. The molecule has 2 N–H and O–H groups in total. The van der Waals surface area contributed by atoms with Crippen LogP contribution in [-0.4, -0.2) is 39.1 Å².